The zero-order valence-electron chi connectivity index (χ0n) is 18.9. The number of rotatable bonds is 4. The lowest BCUT2D eigenvalue weighted by Crippen LogP contribution is -1.96. The smallest absolute Gasteiger partial charge is 0.156 e. The van der Waals surface area contributed by atoms with Crippen molar-refractivity contribution in [2.45, 2.75) is 6.92 Å². The van der Waals surface area contributed by atoms with Gasteiger partial charge in [-0.05, 0) is 46.7 Å². The highest BCUT2D eigenvalue weighted by Gasteiger charge is 2.11. The zero-order chi connectivity index (χ0) is 22.9. The molecule has 0 fully saturated rings. The first kappa shape index (κ1) is 20.1. The van der Waals surface area contributed by atoms with E-state index >= 15 is 0 Å². The predicted octanol–water partition coefficient (Wildman–Crippen LogP) is 7.90. The molecule has 162 valence electrons. The molecule has 0 amide bonds. The van der Waals surface area contributed by atoms with Crippen molar-refractivity contribution < 1.29 is 0 Å². The van der Waals surface area contributed by atoms with Gasteiger partial charge < -0.3 is 0 Å². The second-order valence-corrected chi connectivity index (χ2v) is 8.49. The van der Waals surface area contributed by atoms with E-state index in [4.69, 9.17) is 10.1 Å². The molecular formula is C31H23N3. The Labute approximate surface area is 198 Å². The van der Waals surface area contributed by atoms with Crippen LogP contribution in [0, 0.1) is 6.92 Å². The first-order chi connectivity index (χ1) is 16.8. The minimum atomic E-state index is 0.791. The Bertz CT molecular complexity index is 1590. The average molecular weight is 438 g/mol. The third-order valence-electron chi connectivity index (χ3n) is 6.18. The number of hydrogen-bond donors (Lipinski definition) is 0. The van der Waals surface area contributed by atoms with Crippen molar-refractivity contribution in [1.82, 2.24) is 9.78 Å². The molecule has 0 saturated carbocycles. The molecule has 1 aromatic heterocycles. The van der Waals surface area contributed by atoms with Crippen LogP contribution in [0.4, 0.5) is 5.82 Å². The summed E-state index contributed by atoms with van der Waals surface area (Å²) in [5.41, 5.74) is 5.31. The molecule has 1 heterocycles. The fourth-order valence-electron chi connectivity index (χ4n) is 4.41. The quantitative estimate of drug-likeness (QED) is 0.204. The van der Waals surface area contributed by atoms with Gasteiger partial charge in [0.15, 0.2) is 5.82 Å². The van der Waals surface area contributed by atoms with Gasteiger partial charge in [-0.15, -0.1) is 0 Å². The van der Waals surface area contributed by atoms with Gasteiger partial charge in [-0.3, -0.25) is 0 Å². The average Bonchev–Trinajstić information content (AvgIpc) is 3.32. The van der Waals surface area contributed by atoms with Gasteiger partial charge >= 0.3 is 0 Å². The molecule has 0 saturated heterocycles. The highest BCUT2D eigenvalue weighted by molar-refractivity contribution is 6.13. The third kappa shape index (κ3) is 3.67. The SMILES string of the molecule is Cc1ccc(-c2cc(/N=C/c3c4ccccc4cc4ccccc34)n(-c3ccccc3)n2)cc1. The normalized spacial score (nSPS) is 11.6. The van der Waals surface area contributed by atoms with E-state index in [0.29, 0.717) is 0 Å². The van der Waals surface area contributed by atoms with Crippen LogP contribution in [0.2, 0.25) is 0 Å². The fourth-order valence-corrected chi connectivity index (χ4v) is 4.41. The Morgan fingerprint density at radius 1 is 0.676 bits per heavy atom. The van der Waals surface area contributed by atoms with Gasteiger partial charge in [0.1, 0.15) is 0 Å². The standard InChI is InChI=1S/C31H23N3/c1-22-15-17-23(18-16-22)30-20-31(34(33-30)26-11-3-2-4-12-26)32-21-29-27-13-7-5-9-24(27)19-25-10-6-8-14-28(25)29/h2-21H,1H3/b32-21+. The van der Waals surface area contributed by atoms with Crippen molar-refractivity contribution in [1.29, 1.82) is 0 Å². The number of aryl methyl sites for hydroxylation is 1. The van der Waals surface area contributed by atoms with Gasteiger partial charge in [-0.2, -0.15) is 5.10 Å². The summed E-state index contributed by atoms with van der Waals surface area (Å²) >= 11 is 0. The van der Waals surface area contributed by atoms with E-state index in [1.807, 2.05) is 29.1 Å². The summed E-state index contributed by atoms with van der Waals surface area (Å²) in [6, 6.07) is 39.9. The molecule has 5 aromatic carbocycles. The monoisotopic (exact) mass is 437 g/mol. The first-order valence-corrected chi connectivity index (χ1v) is 11.4. The molecule has 0 spiro atoms. The van der Waals surface area contributed by atoms with Crippen molar-refractivity contribution in [2.75, 3.05) is 0 Å². The number of aliphatic imine (C=N–C) groups is 1. The molecule has 3 heteroatoms. The van der Waals surface area contributed by atoms with Crippen molar-refractivity contribution in [2.24, 2.45) is 4.99 Å². The molecule has 6 aromatic rings. The number of fused-ring (bicyclic) bond motifs is 2. The van der Waals surface area contributed by atoms with Crippen molar-refractivity contribution in [3.05, 3.63) is 126 Å². The third-order valence-corrected chi connectivity index (χ3v) is 6.18. The van der Waals surface area contributed by atoms with Crippen LogP contribution in [-0.2, 0) is 0 Å². The molecule has 0 N–H and O–H groups in total. The van der Waals surface area contributed by atoms with E-state index < -0.39 is 0 Å². The Morgan fingerprint density at radius 2 is 1.29 bits per heavy atom. The van der Waals surface area contributed by atoms with Crippen LogP contribution in [0.3, 0.4) is 0 Å². The summed E-state index contributed by atoms with van der Waals surface area (Å²) in [5.74, 6) is 0.791. The topological polar surface area (TPSA) is 30.2 Å². The van der Waals surface area contributed by atoms with Crippen LogP contribution in [0.1, 0.15) is 11.1 Å². The van der Waals surface area contributed by atoms with Gasteiger partial charge in [0.2, 0.25) is 0 Å². The van der Waals surface area contributed by atoms with E-state index in [-0.39, 0.29) is 0 Å². The van der Waals surface area contributed by atoms with Gasteiger partial charge in [0, 0.05) is 23.4 Å². The number of para-hydroxylation sites is 1. The van der Waals surface area contributed by atoms with E-state index in [1.54, 1.807) is 0 Å². The predicted molar refractivity (Wildman–Crippen MR) is 142 cm³/mol. The second kappa shape index (κ2) is 8.45. The van der Waals surface area contributed by atoms with E-state index in [9.17, 15) is 0 Å². The Kier molecular flexibility index (Phi) is 5.00. The lowest BCUT2D eigenvalue weighted by atomic mass is 9.97. The number of hydrogen-bond acceptors (Lipinski definition) is 2. The van der Waals surface area contributed by atoms with E-state index in [0.717, 1.165) is 28.3 Å². The molecule has 0 aliphatic carbocycles. The summed E-state index contributed by atoms with van der Waals surface area (Å²) in [7, 11) is 0. The molecule has 6 rings (SSSR count). The van der Waals surface area contributed by atoms with Crippen LogP contribution >= 0.6 is 0 Å². The van der Waals surface area contributed by atoms with Crippen molar-refractivity contribution in [3.63, 3.8) is 0 Å². The van der Waals surface area contributed by atoms with Crippen molar-refractivity contribution in [3.8, 4) is 16.9 Å². The Hall–Kier alpha value is -4.50. The molecule has 0 atom stereocenters. The minimum absolute atomic E-state index is 0.791. The molecule has 3 nitrogen and oxygen atoms in total. The van der Waals surface area contributed by atoms with Gasteiger partial charge in [-0.25, -0.2) is 9.67 Å². The van der Waals surface area contributed by atoms with Crippen LogP contribution in [-0.4, -0.2) is 16.0 Å². The van der Waals surface area contributed by atoms with Gasteiger partial charge in [0.25, 0.3) is 0 Å². The highest BCUT2D eigenvalue weighted by Crippen LogP contribution is 2.30. The molecule has 0 aliphatic heterocycles. The molecular weight excluding hydrogens is 414 g/mol. The fraction of sp³-hybridized carbons (Fsp3) is 0.0323. The van der Waals surface area contributed by atoms with Crippen LogP contribution in [0.5, 0.6) is 0 Å². The Morgan fingerprint density at radius 3 is 1.97 bits per heavy atom. The van der Waals surface area contributed by atoms with Crippen LogP contribution in [0.15, 0.2) is 120 Å². The van der Waals surface area contributed by atoms with Crippen LogP contribution in [0.25, 0.3) is 38.5 Å². The Balaban J connectivity index is 1.53. The summed E-state index contributed by atoms with van der Waals surface area (Å²) in [5, 5.41) is 9.71. The summed E-state index contributed by atoms with van der Waals surface area (Å²) in [6.45, 7) is 2.09. The lowest BCUT2D eigenvalue weighted by molar-refractivity contribution is 0.885. The van der Waals surface area contributed by atoms with Gasteiger partial charge in [0.05, 0.1) is 11.4 Å². The summed E-state index contributed by atoms with van der Waals surface area (Å²) in [4.78, 5) is 4.99. The second-order valence-electron chi connectivity index (χ2n) is 8.49. The minimum Gasteiger partial charge on any atom is -0.236 e. The number of aromatic nitrogens is 2. The van der Waals surface area contributed by atoms with E-state index in [2.05, 4.69) is 104 Å². The molecule has 34 heavy (non-hydrogen) atoms. The zero-order valence-corrected chi connectivity index (χ0v) is 18.9. The first-order valence-electron chi connectivity index (χ1n) is 11.4. The molecule has 0 aliphatic rings. The maximum Gasteiger partial charge on any atom is 0.156 e. The number of benzene rings is 5. The lowest BCUT2D eigenvalue weighted by Gasteiger charge is -2.08. The largest absolute Gasteiger partial charge is 0.236 e. The van der Waals surface area contributed by atoms with E-state index in [1.165, 1.54) is 27.1 Å². The maximum absolute atomic E-state index is 4.99. The number of nitrogens with zero attached hydrogens (tertiary/aromatic N) is 3. The molecule has 0 unspecified atom stereocenters. The summed E-state index contributed by atoms with van der Waals surface area (Å²) < 4.78 is 1.92. The van der Waals surface area contributed by atoms with Crippen LogP contribution < -0.4 is 0 Å². The summed E-state index contributed by atoms with van der Waals surface area (Å²) in [6.07, 6.45) is 1.99. The molecule has 0 radical (unpaired) electrons. The van der Waals surface area contributed by atoms with Gasteiger partial charge in [-0.1, -0.05) is 96.6 Å². The highest BCUT2D eigenvalue weighted by atomic mass is 15.3. The van der Waals surface area contributed by atoms with Crippen molar-refractivity contribution >= 4 is 33.6 Å². The molecule has 0 bridgehead atoms. The maximum atomic E-state index is 4.99.